The lowest BCUT2D eigenvalue weighted by molar-refractivity contribution is -0.267. The molecule has 14 nitrogen and oxygen atoms in total. The predicted molar refractivity (Wildman–Crippen MR) is 151 cm³/mol. The summed E-state index contributed by atoms with van der Waals surface area (Å²) in [5, 5.41) is 55.3. The minimum atomic E-state index is -2.46. The number of phenols is 2. The van der Waals surface area contributed by atoms with Crippen LogP contribution in [0, 0.1) is 0 Å². The van der Waals surface area contributed by atoms with Gasteiger partial charge in [-0.3, -0.25) is 14.5 Å². The molecule has 0 radical (unpaired) electrons. The van der Waals surface area contributed by atoms with E-state index in [0.717, 1.165) is 0 Å². The summed E-state index contributed by atoms with van der Waals surface area (Å²) >= 11 is 0. The summed E-state index contributed by atoms with van der Waals surface area (Å²) in [5.74, 6) is -4.49. The fourth-order valence-electron chi connectivity index (χ4n) is 6.94. The number of methoxy groups -OCH3 is 2. The highest BCUT2D eigenvalue weighted by Crippen LogP contribution is 2.52. The smallest absolute Gasteiger partial charge is 0.336 e. The summed E-state index contributed by atoms with van der Waals surface area (Å²) < 4.78 is 28.4. The average Bonchev–Trinajstić information content (AvgIpc) is 3.02. The van der Waals surface area contributed by atoms with Gasteiger partial charge in [-0.05, 0) is 13.0 Å². The highest BCUT2D eigenvalue weighted by molar-refractivity contribution is 6.31. The molecule has 6 rings (SSSR count). The number of benzene rings is 2. The number of carboxylic acids is 1. The number of morpholine rings is 1. The number of phenolic OH excluding ortho intramolecular Hbond substituents is 2. The van der Waals surface area contributed by atoms with E-state index in [1.807, 2.05) is 4.90 Å². The van der Waals surface area contributed by atoms with E-state index in [2.05, 4.69) is 0 Å². The van der Waals surface area contributed by atoms with Crippen LogP contribution in [0.25, 0.3) is 0 Å². The first-order chi connectivity index (χ1) is 21.4. The number of carboxylic acid groups (broad SMARTS) is 1. The number of rotatable bonds is 6. The summed E-state index contributed by atoms with van der Waals surface area (Å²) in [6, 6.07) is 3.89. The lowest BCUT2D eigenvalue weighted by Crippen LogP contribution is -2.59. The molecule has 2 aliphatic heterocycles. The number of ketones is 2. The van der Waals surface area contributed by atoms with Crippen molar-refractivity contribution in [3.05, 3.63) is 51.6 Å². The summed E-state index contributed by atoms with van der Waals surface area (Å²) in [7, 11) is 2.84. The molecule has 2 heterocycles. The Kier molecular flexibility index (Phi) is 8.10. The highest BCUT2D eigenvalue weighted by Gasteiger charge is 2.51. The van der Waals surface area contributed by atoms with Crippen molar-refractivity contribution in [2.24, 2.45) is 0 Å². The zero-order valence-electron chi connectivity index (χ0n) is 24.9. The molecule has 0 bridgehead atoms. The Hall–Kier alpha value is -3.63. The average molecular weight is 630 g/mol. The van der Waals surface area contributed by atoms with Crippen LogP contribution in [0.3, 0.4) is 0 Å². The van der Waals surface area contributed by atoms with Crippen molar-refractivity contribution in [1.82, 2.24) is 4.90 Å². The Morgan fingerprint density at radius 2 is 1.80 bits per heavy atom. The van der Waals surface area contributed by atoms with Crippen LogP contribution in [-0.2, 0) is 30.2 Å². The van der Waals surface area contributed by atoms with Crippen LogP contribution in [-0.4, -0.2) is 118 Å². The third-order valence-electron chi connectivity index (χ3n) is 9.26. The number of hydrogen-bond acceptors (Lipinski definition) is 13. The number of carbonyl (C=O) groups excluding carboxylic acids is 2. The van der Waals surface area contributed by atoms with Gasteiger partial charge in [0.1, 0.15) is 17.2 Å². The van der Waals surface area contributed by atoms with Gasteiger partial charge in [0.25, 0.3) is 0 Å². The van der Waals surface area contributed by atoms with Crippen molar-refractivity contribution in [2.45, 2.75) is 68.7 Å². The Balaban J connectivity index is 1.42. The van der Waals surface area contributed by atoms with Gasteiger partial charge in [-0.25, -0.2) is 4.79 Å². The standard InChI is InChI=1S/C31H35NO13/c1-13-25(33)16(32-7-8-43-20(12-32)42-3)9-19(44-13)45-18-11-31(40,30(38)39)10-15-22(18)29(37)24-23(27(15)35)26(34)14-5-4-6-17(41-2)21(14)28(24)36/h4-6,13,16,18-20,25,33,35,37,40H,7-12H2,1-3H3,(H,38,39)/t13-,16-,18-,19-,20-,25+,31-/m0/s1. The fourth-order valence-corrected chi connectivity index (χ4v) is 6.94. The minimum absolute atomic E-state index is 0.0633. The van der Waals surface area contributed by atoms with E-state index >= 15 is 0 Å². The molecule has 14 heteroatoms. The molecule has 0 amide bonds. The lowest BCUT2D eigenvalue weighted by atomic mass is 9.73. The van der Waals surface area contributed by atoms with E-state index in [9.17, 15) is 39.9 Å². The molecular weight excluding hydrogens is 594 g/mol. The summed E-state index contributed by atoms with van der Waals surface area (Å²) in [5.41, 5.74) is -3.98. The maximum Gasteiger partial charge on any atom is 0.336 e. The molecule has 0 unspecified atom stereocenters. The van der Waals surface area contributed by atoms with Crippen LogP contribution in [0.5, 0.6) is 17.2 Å². The summed E-state index contributed by atoms with van der Waals surface area (Å²) in [6.07, 6.45) is -5.77. The van der Waals surface area contributed by atoms with Crippen molar-refractivity contribution in [3.8, 4) is 17.2 Å². The molecule has 2 aliphatic carbocycles. The molecule has 2 saturated heterocycles. The van der Waals surface area contributed by atoms with Crippen molar-refractivity contribution in [2.75, 3.05) is 33.9 Å². The Labute approximate surface area is 257 Å². The molecule has 4 aliphatic rings. The lowest BCUT2D eigenvalue weighted by Gasteiger charge is -2.46. The quantitative estimate of drug-likeness (QED) is 0.240. The number of aromatic hydroxyl groups is 2. The van der Waals surface area contributed by atoms with Crippen LogP contribution in [0.1, 0.15) is 68.8 Å². The fraction of sp³-hybridized carbons (Fsp3) is 0.516. The third kappa shape index (κ3) is 5.06. The second-order valence-electron chi connectivity index (χ2n) is 11.8. The second kappa shape index (κ2) is 11.6. The molecule has 2 aromatic rings. The summed E-state index contributed by atoms with van der Waals surface area (Å²) in [6.45, 7) is 2.88. The molecule has 2 fully saturated rings. The maximum atomic E-state index is 13.8. The third-order valence-corrected chi connectivity index (χ3v) is 9.26. The van der Waals surface area contributed by atoms with Gasteiger partial charge in [0.2, 0.25) is 5.78 Å². The van der Waals surface area contributed by atoms with E-state index in [-0.39, 0.29) is 34.4 Å². The van der Waals surface area contributed by atoms with Gasteiger partial charge in [-0.1, -0.05) is 12.1 Å². The van der Waals surface area contributed by atoms with E-state index in [4.69, 9.17) is 23.7 Å². The highest BCUT2D eigenvalue weighted by atomic mass is 16.7. The van der Waals surface area contributed by atoms with Crippen LogP contribution in [0.15, 0.2) is 18.2 Å². The first kappa shape index (κ1) is 31.4. The van der Waals surface area contributed by atoms with Gasteiger partial charge < -0.3 is 49.2 Å². The van der Waals surface area contributed by atoms with E-state index in [0.29, 0.717) is 19.7 Å². The topological polar surface area (TPSA) is 202 Å². The van der Waals surface area contributed by atoms with Gasteiger partial charge in [-0.2, -0.15) is 0 Å². The zero-order valence-corrected chi connectivity index (χ0v) is 24.9. The molecule has 5 N–H and O–H groups in total. The number of hydrogen-bond donors (Lipinski definition) is 5. The molecule has 242 valence electrons. The first-order valence-corrected chi connectivity index (χ1v) is 14.6. The van der Waals surface area contributed by atoms with Crippen molar-refractivity contribution >= 4 is 17.5 Å². The Bertz CT molecular complexity index is 1560. The van der Waals surface area contributed by atoms with Crippen molar-refractivity contribution in [1.29, 1.82) is 0 Å². The maximum absolute atomic E-state index is 13.8. The molecular formula is C31H35NO13. The first-order valence-electron chi connectivity index (χ1n) is 14.6. The number of aliphatic hydroxyl groups excluding tert-OH is 1. The van der Waals surface area contributed by atoms with Crippen LogP contribution in [0.2, 0.25) is 0 Å². The van der Waals surface area contributed by atoms with Crippen molar-refractivity contribution in [3.63, 3.8) is 0 Å². The SMILES string of the molecule is COc1cccc2c1C(=O)c1c(O)c3c(c(O)c1C2=O)C[C@@](O)(C(=O)O)C[C@@H]3O[C@H]1C[C@H](N2CCO[C@H](OC)C2)[C@H](O)[C@H](C)O1. The van der Waals surface area contributed by atoms with Gasteiger partial charge in [-0.15, -0.1) is 0 Å². The normalized spacial score (nSPS) is 31.6. The van der Waals surface area contributed by atoms with Crippen molar-refractivity contribution < 1.29 is 63.6 Å². The Morgan fingerprint density at radius 1 is 1.07 bits per heavy atom. The second-order valence-corrected chi connectivity index (χ2v) is 11.8. The monoisotopic (exact) mass is 629 g/mol. The number of nitrogens with zero attached hydrogens (tertiary/aromatic N) is 1. The van der Waals surface area contributed by atoms with E-state index < -0.39 is 95.5 Å². The number of ether oxygens (including phenoxy) is 5. The molecule has 0 saturated carbocycles. The molecule has 7 atom stereocenters. The number of carbonyl (C=O) groups is 3. The number of fused-ring (bicyclic) bond motifs is 3. The van der Waals surface area contributed by atoms with Crippen LogP contribution >= 0.6 is 0 Å². The van der Waals surface area contributed by atoms with E-state index in [1.165, 1.54) is 32.4 Å². The van der Waals surface area contributed by atoms with Gasteiger partial charge >= 0.3 is 5.97 Å². The van der Waals surface area contributed by atoms with Gasteiger partial charge in [0.05, 0.1) is 48.7 Å². The van der Waals surface area contributed by atoms with Crippen LogP contribution in [0.4, 0.5) is 0 Å². The molecule has 45 heavy (non-hydrogen) atoms. The molecule has 0 spiro atoms. The van der Waals surface area contributed by atoms with Crippen LogP contribution < -0.4 is 4.74 Å². The van der Waals surface area contributed by atoms with Gasteiger partial charge in [0.15, 0.2) is 24.0 Å². The van der Waals surface area contributed by atoms with E-state index in [1.54, 1.807) is 6.92 Å². The predicted octanol–water partition coefficient (Wildman–Crippen LogP) is 0.870. The largest absolute Gasteiger partial charge is 0.507 e. The number of aliphatic hydroxyl groups is 2. The molecule has 2 aromatic carbocycles. The van der Waals surface area contributed by atoms with Gasteiger partial charge in [0, 0.05) is 62.2 Å². The number of aliphatic carboxylic acids is 1. The summed E-state index contributed by atoms with van der Waals surface area (Å²) in [4.78, 5) is 41.7. The zero-order chi connectivity index (χ0) is 32.4. The molecule has 0 aromatic heterocycles. The Morgan fingerprint density at radius 3 is 2.49 bits per heavy atom. The minimum Gasteiger partial charge on any atom is -0.507 e.